The second-order valence-corrected chi connectivity index (χ2v) is 14.1. The Bertz CT molecular complexity index is 1830. The number of ether oxygens (including phenoxy) is 2. The molecule has 0 unspecified atom stereocenters. The van der Waals surface area contributed by atoms with Crippen LogP contribution >= 0.6 is 35.0 Å². The summed E-state index contributed by atoms with van der Waals surface area (Å²) < 4.78 is 22.0. The van der Waals surface area contributed by atoms with E-state index in [1.165, 1.54) is 24.3 Å². The van der Waals surface area contributed by atoms with Crippen LogP contribution in [0.4, 0.5) is 0 Å². The maximum atomic E-state index is 12.9. The lowest BCUT2D eigenvalue weighted by Gasteiger charge is -2.51. The maximum Gasteiger partial charge on any atom is 0.339 e. The molecule has 10 atom stereocenters. The van der Waals surface area contributed by atoms with Gasteiger partial charge in [0.1, 0.15) is 69.9 Å². The fourth-order valence-corrected chi connectivity index (χ4v) is 8.19. The van der Waals surface area contributed by atoms with Crippen LogP contribution in [-0.2, 0) is 22.3 Å². The lowest BCUT2D eigenvalue weighted by Crippen LogP contribution is -2.70. The van der Waals surface area contributed by atoms with Crippen LogP contribution in [0.2, 0.25) is 10.0 Å². The fraction of sp³-hybridized carbons (Fsp3) is 0.438. The quantitative estimate of drug-likeness (QED) is 0.111. The average Bonchev–Trinajstić information content (AvgIpc) is 3.07. The molecule has 0 bridgehead atoms. The Balaban J connectivity index is 1.31. The largest absolute Gasteiger partial charge is 0.422 e. The zero-order chi connectivity index (χ0) is 35.4. The van der Waals surface area contributed by atoms with E-state index in [4.69, 9.17) is 41.5 Å². The van der Waals surface area contributed by atoms with E-state index in [9.17, 15) is 50.4 Å². The second kappa shape index (κ2) is 13.8. The molecule has 4 aromatic rings. The number of hydrogen-bond donors (Lipinski definition) is 8. The first kappa shape index (κ1) is 36.2. The zero-order valence-electron chi connectivity index (χ0n) is 25.3. The van der Waals surface area contributed by atoms with Gasteiger partial charge in [-0.3, -0.25) is 0 Å². The summed E-state index contributed by atoms with van der Waals surface area (Å²) in [6, 6.07) is 11.9. The number of fused-ring (bicyclic) bond motifs is 2. The first-order valence-corrected chi connectivity index (χ1v) is 16.7. The van der Waals surface area contributed by atoms with Crippen molar-refractivity contribution in [1.29, 1.82) is 0 Å². The van der Waals surface area contributed by atoms with E-state index < -0.39 is 96.0 Å². The van der Waals surface area contributed by atoms with Crippen molar-refractivity contribution in [2.75, 3.05) is 13.2 Å². The Morgan fingerprint density at radius 2 is 1.04 bits per heavy atom. The number of hydrogen-bond acceptors (Lipinski definition) is 15. The van der Waals surface area contributed by atoms with Gasteiger partial charge in [0.25, 0.3) is 0 Å². The standard InChI is InChI=1S/C32H32Cl2O14S/c33-17-3-1-5-19-15(17)7-13(27(41)45-19)9-31(43)23(37)21(11-35)47-29(25(31)39)49-30-26(40)32(44,24(38)22(12-36)48-30)10-14-8-16-18(34)4-2-6-20(16)46-28(14)42/h1-8,21-26,29-30,35-40,43-44H,9-12H2/t21-,22-,23+,24+,25+,26+,29+,30+,31+,32+/m1/s1. The van der Waals surface area contributed by atoms with Gasteiger partial charge in [0.2, 0.25) is 0 Å². The van der Waals surface area contributed by atoms with E-state index in [-0.39, 0.29) is 32.3 Å². The third-order valence-corrected chi connectivity index (χ3v) is 11.0. The highest BCUT2D eigenvalue weighted by atomic mass is 35.5. The first-order valence-electron chi connectivity index (χ1n) is 15.0. The molecule has 49 heavy (non-hydrogen) atoms. The lowest BCUT2D eigenvalue weighted by atomic mass is 9.80. The highest BCUT2D eigenvalue weighted by molar-refractivity contribution is 8.00. The third kappa shape index (κ3) is 6.42. The van der Waals surface area contributed by atoms with E-state index in [2.05, 4.69) is 0 Å². The smallest absolute Gasteiger partial charge is 0.339 e. The molecule has 0 spiro atoms. The summed E-state index contributed by atoms with van der Waals surface area (Å²) >= 11 is 13.0. The Kier molecular flexibility index (Phi) is 10.2. The topological polar surface area (TPSA) is 241 Å². The summed E-state index contributed by atoms with van der Waals surface area (Å²) in [5.41, 5.74) is -10.2. The van der Waals surface area contributed by atoms with Crippen molar-refractivity contribution >= 4 is 56.9 Å². The van der Waals surface area contributed by atoms with E-state index in [1.807, 2.05) is 0 Å². The summed E-state index contributed by atoms with van der Waals surface area (Å²) in [4.78, 5) is 25.7. The number of halogens is 2. The summed E-state index contributed by atoms with van der Waals surface area (Å²) in [5.74, 6) is 0. The molecule has 2 fully saturated rings. The van der Waals surface area contributed by atoms with Crippen LogP contribution < -0.4 is 11.3 Å². The highest BCUT2D eigenvalue weighted by Crippen LogP contribution is 2.44. The fourth-order valence-electron chi connectivity index (χ4n) is 6.30. The van der Waals surface area contributed by atoms with Crippen molar-refractivity contribution in [3.8, 4) is 0 Å². The molecular weight excluding hydrogens is 711 g/mol. The van der Waals surface area contributed by atoms with Crippen LogP contribution in [0.15, 0.2) is 67.0 Å². The molecular formula is C32H32Cl2O14S. The van der Waals surface area contributed by atoms with Crippen molar-refractivity contribution in [3.05, 3.63) is 90.5 Å². The van der Waals surface area contributed by atoms with Crippen molar-refractivity contribution < 1.29 is 59.2 Å². The molecule has 2 aliphatic heterocycles. The number of thioether (sulfide) groups is 1. The SMILES string of the molecule is O=c1oc2cccc(Cl)c2cc1C[C@]1(O)[C@@H](O)[C@@H](CO)O[C@@H](S[C@@H]2O[C@H](CO)[C@H](O)[C@@](O)(Cc3cc4c(Cl)cccc4oc3=O)[C@H]2O)[C@@H]1O. The average molecular weight is 744 g/mol. The second-order valence-electron chi connectivity index (χ2n) is 12.1. The molecule has 4 heterocycles. The van der Waals surface area contributed by atoms with E-state index in [1.54, 1.807) is 24.3 Å². The van der Waals surface area contributed by atoms with Crippen LogP contribution in [0, 0.1) is 0 Å². The Hall–Kier alpha value is -2.61. The summed E-state index contributed by atoms with van der Waals surface area (Å²) in [6.45, 7) is -1.72. The van der Waals surface area contributed by atoms with Crippen molar-refractivity contribution in [3.63, 3.8) is 0 Å². The van der Waals surface area contributed by atoms with Gasteiger partial charge in [0, 0.05) is 34.7 Å². The number of aliphatic hydroxyl groups is 8. The van der Waals surface area contributed by atoms with Gasteiger partial charge in [-0.05, 0) is 36.4 Å². The zero-order valence-corrected chi connectivity index (χ0v) is 27.6. The van der Waals surface area contributed by atoms with Gasteiger partial charge >= 0.3 is 11.3 Å². The highest BCUT2D eigenvalue weighted by Gasteiger charge is 2.59. The van der Waals surface area contributed by atoms with Gasteiger partial charge < -0.3 is 59.2 Å². The molecule has 2 aromatic heterocycles. The normalized spacial score (nSPS) is 33.7. The molecule has 2 aliphatic rings. The number of rotatable bonds is 8. The molecule has 14 nitrogen and oxygen atoms in total. The van der Waals surface area contributed by atoms with Crippen LogP contribution in [0.1, 0.15) is 11.1 Å². The van der Waals surface area contributed by atoms with Crippen molar-refractivity contribution in [1.82, 2.24) is 0 Å². The molecule has 264 valence electrons. The Morgan fingerprint density at radius 1 is 0.653 bits per heavy atom. The van der Waals surface area contributed by atoms with Crippen LogP contribution in [0.25, 0.3) is 21.9 Å². The Morgan fingerprint density at radius 3 is 1.41 bits per heavy atom. The van der Waals surface area contributed by atoms with Gasteiger partial charge in [-0.1, -0.05) is 47.1 Å². The molecule has 2 saturated heterocycles. The number of aliphatic hydroxyl groups excluding tert-OH is 6. The van der Waals surface area contributed by atoms with Crippen LogP contribution in [0.5, 0.6) is 0 Å². The van der Waals surface area contributed by atoms with E-state index >= 15 is 0 Å². The van der Waals surface area contributed by atoms with Gasteiger partial charge in [0.05, 0.1) is 23.3 Å². The molecule has 8 N–H and O–H groups in total. The maximum absolute atomic E-state index is 12.9. The lowest BCUT2D eigenvalue weighted by molar-refractivity contribution is -0.263. The molecule has 17 heteroatoms. The number of benzene rings is 2. The first-order chi connectivity index (χ1) is 23.2. The minimum Gasteiger partial charge on any atom is -0.422 e. The molecule has 0 aliphatic carbocycles. The third-order valence-electron chi connectivity index (χ3n) is 9.05. The predicted molar refractivity (Wildman–Crippen MR) is 175 cm³/mol. The van der Waals surface area contributed by atoms with Gasteiger partial charge in [-0.2, -0.15) is 0 Å². The summed E-state index contributed by atoms with van der Waals surface area (Å²) in [5, 5.41) is 89.6. The van der Waals surface area contributed by atoms with E-state index in [0.717, 1.165) is 0 Å². The monoisotopic (exact) mass is 742 g/mol. The summed E-state index contributed by atoms with van der Waals surface area (Å²) in [7, 11) is 0. The predicted octanol–water partition coefficient (Wildman–Crippen LogP) is 0.0648. The molecule has 0 saturated carbocycles. The molecule has 0 amide bonds. The summed E-state index contributed by atoms with van der Waals surface area (Å²) in [6.07, 6.45) is -12.5. The van der Waals surface area contributed by atoms with E-state index in [0.29, 0.717) is 22.5 Å². The Labute approximate surface area is 290 Å². The molecule has 2 aromatic carbocycles. The van der Waals surface area contributed by atoms with Crippen LogP contribution in [-0.4, -0.2) is 113 Å². The van der Waals surface area contributed by atoms with Gasteiger partial charge in [-0.15, -0.1) is 0 Å². The van der Waals surface area contributed by atoms with Crippen molar-refractivity contribution in [2.24, 2.45) is 0 Å². The minimum absolute atomic E-state index is 0.157. The van der Waals surface area contributed by atoms with Gasteiger partial charge in [0.15, 0.2) is 0 Å². The molecule has 6 rings (SSSR count). The van der Waals surface area contributed by atoms with Crippen molar-refractivity contribution in [2.45, 2.75) is 71.5 Å². The van der Waals surface area contributed by atoms with Gasteiger partial charge in [-0.25, -0.2) is 9.59 Å². The molecule has 0 radical (unpaired) electrons. The minimum atomic E-state index is -2.57. The van der Waals surface area contributed by atoms with Crippen LogP contribution in [0.3, 0.4) is 0 Å².